The summed E-state index contributed by atoms with van der Waals surface area (Å²) in [5, 5.41) is 3.16. The topological polar surface area (TPSA) is 44.8 Å². The van der Waals surface area contributed by atoms with E-state index < -0.39 is 0 Å². The zero-order chi connectivity index (χ0) is 13.8. The van der Waals surface area contributed by atoms with Crippen molar-refractivity contribution < 1.29 is 9.53 Å². The summed E-state index contributed by atoms with van der Waals surface area (Å²) in [6.07, 6.45) is 4.88. The largest absolute Gasteiger partial charge is 0.381 e. The second-order valence-corrected chi connectivity index (χ2v) is 6.38. The van der Waals surface area contributed by atoms with E-state index in [0.29, 0.717) is 12.6 Å². The van der Waals surface area contributed by atoms with Crippen LogP contribution >= 0.6 is 0 Å². The Morgan fingerprint density at radius 2 is 2.25 bits per heavy atom. The summed E-state index contributed by atoms with van der Waals surface area (Å²) in [5.74, 6) is 1.04. The molecule has 0 radical (unpaired) electrons. The molecule has 5 nitrogen and oxygen atoms in total. The van der Waals surface area contributed by atoms with Crippen LogP contribution in [0.5, 0.6) is 0 Å². The minimum Gasteiger partial charge on any atom is -0.381 e. The van der Waals surface area contributed by atoms with Crippen molar-refractivity contribution in [2.24, 2.45) is 5.92 Å². The van der Waals surface area contributed by atoms with Gasteiger partial charge in [0, 0.05) is 38.9 Å². The van der Waals surface area contributed by atoms with Gasteiger partial charge in [0.1, 0.15) is 0 Å². The van der Waals surface area contributed by atoms with Crippen molar-refractivity contribution in [3.8, 4) is 0 Å². The molecule has 0 spiro atoms. The van der Waals surface area contributed by atoms with Crippen LogP contribution in [0.2, 0.25) is 0 Å². The summed E-state index contributed by atoms with van der Waals surface area (Å²) in [6.45, 7) is 7.69. The summed E-state index contributed by atoms with van der Waals surface area (Å²) >= 11 is 0. The maximum Gasteiger partial charge on any atom is 0.236 e. The van der Waals surface area contributed by atoms with Gasteiger partial charge in [0.15, 0.2) is 0 Å². The third kappa shape index (κ3) is 3.51. The molecule has 1 amide bonds. The van der Waals surface area contributed by atoms with Gasteiger partial charge >= 0.3 is 0 Å². The summed E-state index contributed by atoms with van der Waals surface area (Å²) in [6, 6.07) is 0.443. The van der Waals surface area contributed by atoms with Crippen molar-refractivity contribution in [1.29, 1.82) is 0 Å². The molecule has 0 aromatic rings. The molecular weight excluding hydrogens is 254 g/mol. The Morgan fingerprint density at radius 3 is 3.05 bits per heavy atom. The summed E-state index contributed by atoms with van der Waals surface area (Å²) in [4.78, 5) is 16.7. The van der Waals surface area contributed by atoms with Crippen LogP contribution in [-0.4, -0.2) is 74.2 Å². The van der Waals surface area contributed by atoms with E-state index in [1.54, 1.807) is 0 Å². The van der Waals surface area contributed by atoms with E-state index >= 15 is 0 Å². The Bertz CT molecular complexity index is 331. The van der Waals surface area contributed by atoms with Gasteiger partial charge in [0.05, 0.1) is 6.54 Å². The minimum atomic E-state index is 0.285. The van der Waals surface area contributed by atoms with E-state index in [1.165, 1.54) is 38.8 Å². The molecule has 0 bridgehead atoms. The smallest absolute Gasteiger partial charge is 0.236 e. The molecule has 0 aromatic heterocycles. The lowest BCUT2D eigenvalue weighted by molar-refractivity contribution is -0.135. The predicted molar refractivity (Wildman–Crippen MR) is 77.6 cm³/mol. The van der Waals surface area contributed by atoms with Crippen LogP contribution < -0.4 is 5.32 Å². The van der Waals surface area contributed by atoms with Crippen molar-refractivity contribution in [2.75, 3.05) is 52.5 Å². The van der Waals surface area contributed by atoms with E-state index in [2.05, 4.69) is 15.1 Å². The first kappa shape index (κ1) is 14.3. The molecule has 0 aromatic carbocycles. The maximum absolute atomic E-state index is 12.0. The van der Waals surface area contributed by atoms with Crippen LogP contribution in [0.15, 0.2) is 0 Å². The number of hydrogen-bond acceptors (Lipinski definition) is 4. The maximum atomic E-state index is 12.0. The fourth-order valence-electron chi connectivity index (χ4n) is 3.67. The van der Waals surface area contributed by atoms with Crippen LogP contribution in [0, 0.1) is 5.92 Å². The molecule has 5 heteroatoms. The number of amides is 1. The highest BCUT2D eigenvalue weighted by molar-refractivity contribution is 5.79. The quantitative estimate of drug-likeness (QED) is 0.805. The zero-order valence-electron chi connectivity index (χ0n) is 12.4. The van der Waals surface area contributed by atoms with Gasteiger partial charge < -0.3 is 19.9 Å². The van der Waals surface area contributed by atoms with Gasteiger partial charge in [-0.2, -0.15) is 0 Å². The van der Waals surface area contributed by atoms with E-state index in [9.17, 15) is 4.79 Å². The number of nitrogens with zero attached hydrogens (tertiary/aromatic N) is 2. The molecule has 0 aliphatic carbocycles. The van der Waals surface area contributed by atoms with Gasteiger partial charge in [-0.05, 0) is 44.7 Å². The number of piperidine rings is 1. The lowest BCUT2D eigenvalue weighted by Crippen LogP contribution is -2.57. The SMILES string of the molecule is O=C1CNCCN1C1CCCN(CCC2CCOC2)C1. The molecule has 0 saturated carbocycles. The van der Waals surface area contributed by atoms with E-state index in [1.807, 2.05) is 0 Å². The predicted octanol–water partition coefficient (Wildman–Crippen LogP) is 0.309. The molecule has 1 N–H and O–H groups in total. The number of rotatable bonds is 4. The van der Waals surface area contributed by atoms with Gasteiger partial charge in [-0.1, -0.05) is 0 Å². The molecule has 2 atom stereocenters. The third-order valence-corrected chi connectivity index (χ3v) is 4.93. The van der Waals surface area contributed by atoms with Gasteiger partial charge in [-0.3, -0.25) is 4.79 Å². The second kappa shape index (κ2) is 6.87. The third-order valence-electron chi connectivity index (χ3n) is 4.93. The Labute approximate surface area is 121 Å². The highest BCUT2D eigenvalue weighted by Gasteiger charge is 2.30. The summed E-state index contributed by atoms with van der Waals surface area (Å²) in [5.41, 5.74) is 0. The summed E-state index contributed by atoms with van der Waals surface area (Å²) < 4.78 is 5.45. The number of likely N-dealkylation sites (tertiary alicyclic amines) is 1. The highest BCUT2D eigenvalue weighted by atomic mass is 16.5. The molecule has 114 valence electrons. The van der Waals surface area contributed by atoms with E-state index in [4.69, 9.17) is 4.74 Å². The number of hydrogen-bond donors (Lipinski definition) is 1. The Morgan fingerprint density at radius 1 is 1.30 bits per heavy atom. The van der Waals surface area contributed by atoms with Gasteiger partial charge in [-0.15, -0.1) is 0 Å². The number of carbonyl (C=O) groups excluding carboxylic acids is 1. The molecule has 3 heterocycles. The molecule has 3 rings (SSSR count). The molecular formula is C15H27N3O2. The van der Waals surface area contributed by atoms with Crippen LogP contribution in [-0.2, 0) is 9.53 Å². The standard InChI is InChI=1S/C15H27N3O2/c19-15-10-16-5-8-18(15)14-2-1-6-17(11-14)7-3-13-4-9-20-12-13/h13-14,16H,1-12H2. The molecule has 3 saturated heterocycles. The fourth-order valence-corrected chi connectivity index (χ4v) is 3.67. The zero-order valence-corrected chi connectivity index (χ0v) is 12.4. The van der Waals surface area contributed by atoms with Crippen LogP contribution in [0.4, 0.5) is 0 Å². The normalized spacial score (nSPS) is 32.8. The molecule has 2 unspecified atom stereocenters. The molecule has 3 fully saturated rings. The lowest BCUT2D eigenvalue weighted by atomic mass is 10.0. The Hall–Kier alpha value is -0.650. The van der Waals surface area contributed by atoms with Crippen molar-refractivity contribution in [3.63, 3.8) is 0 Å². The molecule has 3 aliphatic heterocycles. The van der Waals surface area contributed by atoms with Crippen molar-refractivity contribution in [2.45, 2.75) is 31.7 Å². The molecule has 3 aliphatic rings. The van der Waals surface area contributed by atoms with Crippen molar-refractivity contribution in [1.82, 2.24) is 15.1 Å². The summed E-state index contributed by atoms with van der Waals surface area (Å²) in [7, 11) is 0. The molecule has 20 heavy (non-hydrogen) atoms. The number of piperazine rings is 1. The number of nitrogens with one attached hydrogen (secondary N) is 1. The Balaban J connectivity index is 1.46. The van der Waals surface area contributed by atoms with Gasteiger partial charge in [0.2, 0.25) is 5.91 Å². The van der Waals surface area contributed by atoms with Gasteiger partial charge in [-0.25, -0.2) is 0 Å². The number of ether oxygens (including phenoxy) is 1. The van der Waals surface area contributed by atoms with Gasteiger partial charge in [0.25, 0.3) is 0 Å². The van der Waals surface area contributed by atoms with Crippen LogP contribution in [0.3, 0.4) is 0 Å². The number of carbonyl (C=O) groups is 1. The van der Waals surface area contributed by atoms with Crippen LogP contribution in [0.1, 0.15) is 25.7 Å². The van der Waals surface area contributed by atoms with Crippen molar-refractivity contribution >= 4 is 5.91 Å². The minimum absolute atomic E-state index is 0.285. The average molecular weight is 281 g/mol. The van der Waals surface area contributed by atoms with E-state index in [-0.39, 0.29) is 5.91 Å². The average Bonchev–Trinajstić information content (AvgIpc) is 2.99. The van der Waals surface area contributed by atoms with Crippen molar-refractivity contribution in [3.05, 3.63) is 0 Å². The lowest BCUT2D eigenvalue weighted by Gasteiger charge is -2.41. The monoisotopic (exact) mass is 281 g/mol. The first-order valence-corrected chi connectivity index (χ1v) is 8.13. The first-order chi connectivity index (χ1) is 9.83. The van der Waals surface area contributed by atoms with E-state index in [0.717, 1.165) is 38.8 Å². The fraction of sp³-hybridized carbons (Fsp3) is 0.933. The Kier molecular flexibility index (Phi) is 4.91. The highest BCUT2D eigenvalue weighted by Crippen LogP contribution is 2.20. The second-order valence-electron chi connectivity index (χ2n) is 6.38. The van der Waals surface area contributed by atoms with Crippen LogP contribution in [0.25, 0.3) is 0 Å². The first-order valence-electron chi connectivity index (χ1n) is 8.13.